The van der Waals surface area contributed by atoms with E-state index in [0.29, 0.717) is 10.7 Å². The molecule has 0 fully saturated rings. The molecule has 0 aliphatic carbocycles. The maximum atomic E-state index is 11.2. The largest absolute Gasteiger partial charge is 0.478 e. The first-order chi connectivity index (χ1) is 8.41. The summed E-state index contributed by atoms with van der Waals surface area (Å²) in [5.41, 5.74) is 2.27. The number of halogens is 2. The molecule has 0 spiro atoms. The first kappa shape index (κ1) is 13.1. The van der Waals surface area contributed by atoms with Gasteiger partial charge in [0.1, 0.15) is 0 Å². The van der Waals surface area contributed by atoms with Crippen LogP contribution in [0.5, 0.6) is 0 Å². The number of aryl methyl sites for hydroxylation is 1. The topological polar surface area (TPSA) is 55.1 Å². The molecule has 0 aliphatic heterocycles. The van der Waals surface area contributed by atoms with Gasteiger partial charge >= 0.3 is 5.97 Å². The Balaban J connectivity index is 2.71. The highest BCUT2D eigenvalue weighted by Crippen LogP contribution is 2.26. The third-order valence-electron chi connectivity index (χ3n) is 2.62. The van der Waals surface area contributed by atoms with Crippen LogP contribution in [0.3, 0.4) is 0 Å². The summed E-state index contributed by atoms with van der Waals surface area (Å²) in [6.07, 6.45) is 0. The Kier molecular flexibility index (Phi) is 3.45. The maximum absolute atomic E-state index is 11.2. The molecule has 1 aromatic heterocycles. The molecule has 6 heteroatoms. The number of aromatic nitrogens is 2. The number of aromatic carboxylic acids is 1. The highest BCUT2D eigenvalue weighted by atomic mass is 79.9. The zero-order chi connectivity index (χ0) is 13.4. The van der Waals surface area contributed by atoms with E-state index in [1.807, 2.05) is 13.8 Å². The fourth-order valence-electron chi connectivity index (χ4n) is 1.72. The van der Waals surface area contributed by atoms with Crippen molar-refractivity contribution < 1.29 is 9.90 Å². The van der Waals surface area contributed by atoms with E-state index in [0.717, 1.165) is 15.9 Å². The van der Waals surface area contributed by atoms with Gasteiger partial charge < -0.3 is 5.11 Å². The Bertz CT molecular complexity index is 637. The van der Waals surface area contributed by atoms with E-state index >= 15 is 0 Å². The van der Waals surface area contributed by atoms with E-state index in [1.165, 1.54) is 6.07 Å². The van der Waals surface area contributed by atoms with Crippen LogP contribution in [0.4, 0.5) is 0 Å². The second kappa shape index (κ2) is 4.74. The second-order valence-electron chi connectivity index (χ2n) is 3.86. The van der Waals surface area contributed by atoms with Gasteiger partial charge in [-0.25, -0.2) is 9.48 Å². The zero-order valence-corrected chi connectivity index (χ0v) is 12.1. The summed E-state index contributed by atoms with van der Waals surface area (Å²) in [5.74, 6) is -1.03. The lowest BCUT2D eigenvalue weighted by atomic mass is 10.2. The van der Waals surface area contributed by atoms with Crippen molar-refractivity contribution in [3.05, 3.63) is 44.6 Å². The lowest BCUT2D eigenvalue weighted by Gasteiger charge is -2.08. The molecule has 0 saturated heterocycles. The standard InChI is InChI=1S/C12H10BrClN2O2/c1-6-11(13)7(2)16(15-6)10-4-3-8(14)5-9(10)12(17)18/h3-5H,1-2H3,(H,17,18). The Morgan fingerprint density at radius 1 is 1.44 bits per heavy atom. The number of hydrogen-bond acceptors (Lipinski definition) is 2. The average Bonchev–Trinajstić information content (AvgIpc) is 2.57. The van der Waals surface area contributed by atoms with Gasteiger partial charge in [-0.15, -0.1) is 0 Å². The first-order valence-corrected chi connectivity index (χ1v) is 6.34. The van der Waals surface area contributed by atoms with Gasteiger partial charge in [-0.05, 0) is 48.0 Å². The Morgan fingerprint density at radius 3 is 2.61 bits per heavy atom. The molecule has 1 heterocycles. The molecule has 0 aliphatic rings. The van der Waals surface area contributed by atoms with Gasteiger partial charge in [0.25, 0.3) is 0 Å². The van der Waals surface area contributed by atoms with Crippen molar-refractivity contribution >= 4 is 33.5 Å². The summed E-state index contributed by atoms with van der Waals surface area (Å²) >= 11 is 9.24. The van der Waals surface area contributed by atoms with Crippen molar-refractivity contribution in [2.75, 3.05) is 0 Å². The Hall–Kier alpha value is -1.33. The Morgan fingerprint density at radius 2 is 2.11 bits per heavy atom. The summed E-state index contributed by atoms with van der Waals surface area (Å²) in [6.45, 7) is 3.72. The third-order valence-corrected chi connectivity index (χ3v) is 4.00. The second-order valence-corrected chi connectivity index (χ2v) is 5.09. The molecule has 0 saturated carbocycles. The van der Waals surface area contributed by atoms with Crippen LogP contribution in [0.25, 0.3) is 5.69 Å². The van der Waals surface area contributed by atoms with Crippen LogP contribution in [-0.4, -0.2) is 20.9 Å². The lowest BCUT2D eigenvalue weighted by molar-refractivity contribution is 0.0696. The van der Waals surface area contributed by atoms with Gasteiger partial charge in [0, 0.05) is 5.02 Å². The van der Waals surface area contributed by atoms with Crippen molar-refractivity contribution in [1.82, 2.24) is 9.78 Å². The molecule has 2 aromatic rings. The van der Waals surface area contributed by atoms with Crippen LogP contribution in [0.15, 0.2) is 22.7 Å². The van der Waals surface area contributed by atoms with Gasteiger partial charge in [0.2, 0.25) is 0 Å². The quantitative estimate of drug-likeness (QED) is 0.916. The van der Waals surface area contributed by atoms with Crippen LogP contribution in [0.1, 0.15) is 21.7 Å². The van der Waals surface area contributed by atoms with Crippen molar-refractivity contribution in [3.8, 4) is 5.69 Å². The van der Waals surface area contributed by atoms with Gasteiger partial charge in [-0.2, -0.15) is 5.10 Å². The zero-order valence-electron chi connectivity index (χ0n) is 9.74. The van der Waals surface area contributed by atoms with E-state index < -0.39 is 5.97 Å². The van der Waals surface area contributed by atoms with E-state index in [9.17, 15) is 9.90 Å². The molecule has 0 unspecified atom stereocenters. The van der Waals surface area contributed by atoms with E-state index in [-0.39, 0.29) is 5.56 Å². The molecule has 94 valence electrons. The molecule has 18 heavy (non-hydrogen) atoms. The van der Waals surface area contributed by atoms with Crippen molar-refractivity contribution in [2.45, 2.75) is 13.8 Å². The summed E-state index contributed by atoms with van der Waals surface area (Å²) in [5, 5.41) is 13.9. The molecule has 1 N–H and O–H groups in total. The fourth-order valence-corrected chi connectivity index (χ4v) is 2.14. The van der Waals surface area contributed by atoms with Crippen LogP contribution in [0, 0.1) is 13.8 Å². The van der Waals surface area contributed by atoms with E-state index in [4.69, 9.17) is 11.6 Å². The third kappa shape index (κ3) is 2.15. The van der Waals surface area contributed by atoms with Gasteiger partial charge in [-0.1, -0.05) is 11.6 Å². The molecular formula is C12H10BrClN2O2. The molecule has 0 amide bonds. The van der Waals surface area contributed by atoms with Crippen LogP contribution < -0.4 is 0 Å². The van der Waals surface area contributed by atoms with Crippen molar-refractivity contribution in [3.63, 3.8) is 0 Å². The predicted molar refractivity (Wildman–Crippen MR) is 72.7 cm³/mol. The minimum absolute atomic E-state index is 0.126. The van der Waals surface area contributed by atoms with E-state index in [1.54, 1.807) is 16.8 Å². The minimum Gasteiger partial charge on any atom is -0.478 e. The van der Waals surface area contributed by atoms with Crippen molar-refractivity contribution in [2.24, 2.45) is 0 Å². The Labute approximate surface area is 117 Å². The molecule has 1 aromatic carbocycles. The fraction of sp³-hybridized carbons (Fsp3) is 0.167. The van der Waals surface area contributed by atoms with Gasteiger partial charge in [-0.3, -0.25) is 0 Å². The number of nitrogens with zero attached hydrogens (tertiary/aromatic N) is 2. The minimum atomic E-state index is -1.03. The molecule has 0 bridgehead atoms. The first-order valence-electron chi connectivity index (χ1n) is 5.16. The average molecular weight is 330 g/mol. The molecule has 0 radical (unpaired) electrons. The lowest BCUT2D eigenvalue weighted by Crippen LogP contribution is -2.08. The molecular weight excluding hydrogens is 320 g/mol. The summed E-state index contributed by atoms with van der Waals surface area (Å²) in [6, 6.07) is 4.72. The smallest absolute Gasteiger partial charge is 0.337 e. The van der Waals surface area contributed by atoms with Crippen LogP contribution in [-0.2, 0) is 0 Å². The van der Waals surface area contributed by atoms with Crippen LogP contribution >= 0.6 is 27.5 Å². The monoisotopic (exact) mass is 328 g/mol. The predicted octanol–water partition coefficient (Wildman–Crippen LogP) is 3.60. The summed E-state index contributed by atoms with van der Waals surface area (Å²) in [7, 11) is 0. The van der Waals surface area contributed by atoms with Gasteiger partial charge in [0.15, 0.2) is 0 Å². The van der Waals surface area contributed by atoms with E-state index in [2.05, 4.69) is 21.0 Å². The number of carboxylic acids is 1. The summed E-state index contributed by atoms with van der Waals surface area (Å²) < 4.78 is 2.47. The number of rotatable bonds is 2. The number of carboxylic acid groups (broad SMARTS) is 1. The summed E-state index contributed by atoms with van der Waals surface area (Å²) in [4.78, 5) is 11.2. The van der Waals surface area contributed by atoms with Gasteiger partial charge in [0.05, 0.1) is 27.1 Å². The number of benzene rings is 1. The molecule has 2 rings (SSSR count). The maximum Gasteiger partial charge on any atom is 0.337 e. The highest BCUT2D eigenvalue weighted by Gasteiger charge is 2.17. The normalized spacial score (nSPS) is 10.7. The molecule has 4 nitrogen and oxygen atoms in total. The SMILES string of the molecule is Cc1nn(-c2ccc(Cl)cc2C(=O)O)c(C)c1Br. The highest BCUT2D eigenvalue weighted by molar-refractivity contribution is 9.10. The van der Waals surface area contributed by atoms with Crippen LogP contribution in [0.2, 0.25) is 5.02 Å². The van der Waals surface area contributed by atoms with Crippen molar-refractivity contribution in [1.29, 1.82) is 0 Å². The number of hydrogen-bond donors (Lipinski definition) is 1. The molecule has 0 atom stereocenters. The number of carbonyl (C=O) groups is 1.